The molecule has 0 aromatic heterocycles. The van der Waals surface area contributed by atoms with Crippen LogP contribution in [0.2, 0.25) is 10.0 Å². The monoisotopic (exact) mass is 513 g/mol. The molecule has 1 saturated heterocycles. The molecule has 34 heavy (non-hydrogen) atoms. The Labute approximate surface area is 211 Å². The molecular weight excluding hydrogens is 493 g/mol. The molecule has 0 spiro atoms. The van der Waals surface area contributed by atoms with E-state index >= 15 is 0 Å². The van der Waals surface area contributed by atoms with Crippen LogP contribution in [0, 0.1) is 0 Å². The van der Waals surface area contributed by atoms with Crippen molar-refractivity contribution in [1.82, 2.24) is 4.90 Å². The topological polar surface area (TPSA) is 71.0 Å². The second-order valence-corrected chi connectivity index (χ2v) is 9.52. The summed E-state index contributed by atoms with van der Waals surface area (Å²) in [7, 11) is 1.54. The Morgan fingerprint density at radius 2 is 1.71 bits per heavy atom. The lowest BCUT2D eigenvalue weighted by molar-refractivity contribution is -0.129. The molecule has 2 amide bonds. The van der Waals surface area contributed by atoms with Crippen LogP contribution in [-0.2, 0) is 16.1 Å². The van der Waals surface area contributed by atoms with Crippen molar-refractivity contribution in [2.45, 2.75) is 18.2 Å². The van der Waals surface area contributed by atoms with Crippen LogP contribution in [0.3, 0.4) is 0 Å². The number of benzene rings is 3. The molecule has 1 fully saturated rings. The van der Waals surface area contributed by atoms with Gasteiger partial charge in [-0.3, -0.25) is 14.5 Å². The number of nitrogens with zero attached hydrogens (tertiary/aromatic N) is 2. The van der Waals surface area contributed by atoms with E-state index in [0.717, 1.165) is 5.56 Å². The molecule has 9 heteroatoms. The third kappa shape index (κ3) is 5.91. The van der Waals surface area contributed by atoms with Crippen LogP contribution >= 0.6 is 35.0 Å². The fourth-order valence-electron chi connectivity index (χ4n) is 3.36. The maximum Gasteiger partial charge on any atom is 0.238 e. The number of amides is 2. The Kier molecular flexibility index (Phi) is 7.77. The molecule has 1 N–H and O–H groups in total. The normalized spacial score (nSPS) is 17.0. The number of amidine groups is 1. The van der Waals surface area contributed by atoms with E-state index in [9.17, 15) is 9.59 Å². The van der Waals surface area contributed by atoms with Crippen LogP contribution < -0.4 is 10.1 Å². The van der Waals surface area contributed by atoms with E-state index in [0.29, 0.717) is 38.9 Å². The largest absolute Gasteiger partial charge is 0.495 e. The smallest absolute Gasteiger partial charge is 0.238 e. The average molecular weight is 514 g/mol. The molecule has 3 aromatic carbocycles. The molecule has 4 rings (SSSR count). The molecule has 1 aliphatic heterocycles. The highest BCUT2D eigenvalue weighted by molar-refractivity contribution is 8.15. The highest BCUT2D eigenvalue weighted by atomic mass is 35.5. The number of carbonyl (C=O) groups is 2. The lowest BCUT2D eigenvalue weighted by Gasteiger charge is -2.32. The summed E-state index contributed by atoms with van der Waals surface area (Å²) in [6.07, 6.45) is 0.0406. The van der Waals surface area contributed by atoms with Crippen molar-refractivity contribution in [2.24, 2.45) is 4.99 Å². The van der Waals surface area contributed by atoms with Gasteiger partial charge in [-0.25, -0.2) is 4.99 Å². The molecule has 0 saturated carbocycles. The Balaban J connectivity index is 1.60. The number of carbonyl (C=O) groups excluding carboxylic acids is 2. The van der Waals surface area contributed by atoms with Crippen LogP contribution in [0.1, 0.15) is 12.0 Å². The Morgan fingerprint density at radius 1 is 1.06 bits per heavy atom. The fourth-order valence-corrected chi connectivity index (χ4v) is 4.71. The van der Waals surface area contributed by atoms with E-state index < -0.39 is 5.25 Å². The number of aliphatic imine (C=N–C) groups is 1. The lowest BCUT2D eigenvalue weighted by atomic mass is 10.2. The van der Waals surface area contributed by atoms with Gasteiger partial charge in [-0.05, 0) is 54.1 Å². The zero-order valence-electron chi connectivity index (χ0n) is 18.2. The van der Waals surface area contributed by atoms with Gasteiger partial charge in [-0.1, -0.05) is 59.2 Å². The molecule has 1 unspecified atom stereocenters. The molecule has 0 radical (unpaired) electrons. The van der Waals surface area contributed by atoms with Crippen molar-refractivity contribution in [3.63, 3.8) is 0 Å². The maximum atomic E-state index is 13.2. The molecule has 1 heterocycles. The predicted molar refractivity (Wildman–Crippen MR) is 138 cm³/mol. The molecule has 0 aliphatic carbocycles. The van der Waals surface area contributed by atoms with Crippen molar-refractivity contribution in [2.75, 3.05) is 12.4 Å². The molecule has 1 atom stereocenters. The number of para-hydroxylation sites is 2. The number of ether oxygens (including phenoxy) is 1. The SMILES string of the molecule is COc1ccccc1NC(=O)C1CC(=O)N(Cc2ccc(Cl)cc2)C(=Nc2ccc(Cl)cc2)S1. The highest BCUT2D eigenvalue weighted by Crippen LogP contribution is 2.32. The Hall–Kier alpha value is -3.00. The quantitative estimate of drug-likeness (QED) is 0.428. The minimum Gasteiger partial charge on any atom is -0.495 e. The second-order valence-electron chi connectivity index (χ2n) is 7.48. The van der Waals surface area contributed by atoms with Gasteiger partial charge in [-0.2, -0.15) is 0 Å². The summed E-state index contributed by atoms with van der Waals surface area (Å²) in [5.74, 6) is 0.0572. The van der Waals surface area contributed by atoms with Gasteiger partial charge >= 0.3 is 0 Å². The summed E-state index contributed by atoms with van der Waals surface area (Å²) in [5, 5.41) is 3.87. The Bertz CT molecular complexity index is 1220. The number of hydrogen-bond donors (Lipinski definition) is 1. The zero-order chi connectivity index (χ0) is 24.1. The Morgan fingerprint density at radius 3 is 2.38 bits per heavy atom. The molecule has 0 bridgehead atoms. The van der Waals surface area contributed by atoms with Gasteiger partial charge in [0.25, 0.3) is 0 Å². The predicted octanol–water partition coefficient (Wildman–Crippen LogP) is 6.16. The summed E-state index contributed by atoms with van der Waals surface area (Å²) in [4.78, 5) is 32.5. The minimum atomic E-state index is -0.648. The van der Waals surface area contributed by atoms with Crippen molar-refractivity contribution in [3.8, 4) is 5.75 Å². The van der Waals surface area contributed by atoms with E-state index in [1.54, 1.807) is 59.5 Å². The zero-order valence-corrected chi connectivity index (χ0v) is 20.5. The third-order valence-electron chi connectivity index (χ3n) is 5.10. The van der Waals surface area contributed by atoms with E-state index in [1.807, 2.05) is 18.2 Å². The standard InChI is InChI=1S/C25H21Cl2N3O3S/c1-33-21-5-3-2-4-20(21)29-24(32)22-14-23(31)30(15-16-6-8-17(26)9-7-16)25(34-22)28-19-12-10-18(27)11-13-19/h2-13,22H,14-15H2,1H3,(H,29,32). The van der Waals surface area contributed by atoms with Crippen molar-refractivity contribution >= 4 is 63.3 Å². The van der Waals surface area contributed by atoms with Crippen LogP contribution in [0.5, 0.6) is 5.75 Å². The summed E-state index contributed by atoms with van der Waals surface area (Å²) < 4.78 is 5.32. The summed E-state index contributed by atoms with van der Waals surface area (Å²) in [6, 6.07) is 21.4. The first-order chi connectivity index (χ1) is 16.4. The highest BCUT2D eigenvalue weighted by Gasteiger charge is 2.36. The van der Waals surface area contributed by atoms with Crippen molar-refractivity contribution in [1.29, 1.82) is 0 Å². The van der Waals surface area contributed by atoms with Gasteiger partial charge in [0.2, 0.25) is 11.8 Å². The summed E-state index contributed by atoms with van der Waals surface area (Å²) in [6.45, 7) is 0.316. The number of thioether (sulfide) groups is 1. The average Bonchev–Trinajstić information content (AvgIpc) is 2.84. The van der Waals surface area contributed by atoms with Gasteiger partial charge in [0.05, 0.1) is 25.0 Å². The van der Waals surface area contributed by atoms with Crippen LogP contribution in [0.25, 0.3) is 0 Å². The third-order valence-corrected chi connectivity index (χ3v) is 6.79. The van der Waals surface area contributed by atoms with Gasteiger partial charge in [0.1, 0.15) is 11.0 Å². The first kappa shape index (κ1) is 24.1. The molecule has 174 valence electrons. The molecule has 6 nitrogen and oxygen atoms in total. The van der Waals surface area contributed by atoms with E-state index in [-0.39, 0.29) is 18.2 Å². The minimum absolute atomic E-state index is 0.0406. The van der Waals surface area contributed by atoms with E-state index in [2.05, 4.69) is 10.3 Å². The van der Waals surface area contributed by atoms with Crippen molar-refractivity contribution < 1.29 is 14.3 Å². The second kappa shape index (κ2) is 11.0. The summed E-state index contributed by atoms with van der Waals surface area (Å²) >= 11 is 13.3. The van der Waals surface area contributed by atoms with E-state index in [4.69, 9.17) is 27.9 Å². The first-order valence-corrected chi connectivity index (χ1v) is 12.1. The van der Waals surface area contributed by atoms with Gasteiger partial charge < -0.3 is 10.1 Å². The maximum absolute atomic E-state index is 13.2. The summed E-state index contributed by atoms with van der Waals surface area (Å²) in [5.41, 5.74) is 2.08. The van der Waals surface area contributed by atoms with E-state index in [1.165, 1.54) is 18.9 Å². The molecular formula is C25H21Cl2N3O3S. The number of anilines is 1. The number of hydrogen-bond acceptors (Lipinski definition) is 5. The lowest BCUT2D eigenvalue weighted by Crippen LogP contribution is -2.44. The fraction of sp³-hybridized carbons (Fsp3) is 0.160. The van der Waals surface area contributed by atoms with Crippen LogP contribution in [-0.4, -0.2) is 34.2 Å². The number of nitrogens with one attached hydrogen (secondary N) is 1. The number of methoxy groups -OCH3 is 1. The molecule has 3 aromatic rings. The number of rotatable bonds is 6. The first-order valence-electron chi connectivity index (χ1n) is 10.4. The van der Waals surface area contributed by atoms with Gasteiger partial charge in [0, 0.05) is 16.5 Å². The van der Waals surface area contributed by atoms with Crippen molar-refractivity contribution in [3.05, 3.63) is 88.4 Å². The van der Waals surface area contributed by atoms with Gasteiger partial charge in [0.15, 0.2) is 5.17 Å². The molecule has 1 aliphatic rings. The van der Waals surface area contributed by atoms with Crippen LogP contribution in [0.4, 0.5) is 11.4 Å². The van der Waals surface area contributed by atoms with Crippen LogP contribution in [0.15, 0.2) is 77.8 Å². The van der Waals surface area contributed by atoms with Gasteiger partial charge in [-0.15, -0.1) is 0 Å². The number of halogens is 2.